The van der Waals surface area contributed by atoms with E-state index in [-0.39, 0.29) is 0 Å². The van der Waals surface area contributed by atoms with Crippen LogP contribution in [-0.4, -0.2) is 11.9 Å². The van der Waals surface area contributed by atoms with Crippen molar-refractivity contribution < 1.29 is 0 Å². The summed E-state index contributed by atoms with van der Waals surface area (Å²) in [6, 6.07) is 0.547. The first kappa shape index (κ1) is 10.6. The van der Waals surface area contributed by atoms with Gasteiger partial charge in [0, 0.05) is 6.42 Å². The Balaban J connectivity index is 2.10. The molecule has 2 heteroatoms. The molecule has 1 rings (SSSR count). The Hall–Kier alpha value is -0.530. The van der Waals surface area contributed by atoms with Crippen LogP contribution in [0.4, 0.5) is 0 Å². The first-order valence-corrected chi connectivity index (χ1v) is 5.65. The second-order valence-corrected chi connectivity index (χ2v) is 4.02. The molecule has 0 spiro atoms. The first-order valence-electron chi connectivity index (χ1n) is 5.65. The van der Waals surface area contributed by atoms with Gasteiger partial charge in [-0.2, -0.15) is 0 Å². The van der Waals surface area contributed by atoms with Gasteiger partial charge in [-0.25, -0.2) is 0 Å². The van der Waals surface area contributed by atoms with Crippen LogP contribution < -0.4 is 5.73 Å². The third kappa shape index (κ3) is 4.30. The van der Waals surface area contributed by atoms with Gasteiger partial charge in [0.25, 0.3) is 0 Å². The third-order valence-corrected chi connectivity index (χ3v) is 2.71. The monoisotopic (exact) mass is 182 g/mol. The minimum atomic E-state index is 0.547. The van der Waals surface area contributed by atoms with E-state index in [9.17, 15) is 0 Å². The van der Waals surface area contributed by atoms with E-state index in [0.717, 1.165) is 12.3 Å². The van der Waals surface area contributed by atoms with Gasteiger partial charge in [-0.15, -0.1) is 0 Å². The van der Waals surface area contributed by atoms with Crippen LogP contribution in [0.25, 0.3) is 0 Å². The highest BCUT2D eigenvalue weighted by Gasteiger charge is 2.12. The van der Waals surface area contributed by atoms with Gasteiger partial charge in [0.1, 0.15) is 0 Å². The van der Waals surface area contributed by atoms with Crippen LogP contribution in [0.15, 0.2) is 4.99 Å². The van der Waals surface area contributed by atoms with E-state index in [1.54, 1.807) is 0 Å². The van der Waals surface area contributed by atoms with Gasteiger partial charge in [-0.05, 0) is 19.3 Å². The smallest absolute Gasteiger partial charge is 0.0940 e. The third-order valence-electron chi connectivity index (χ3n) is 2.71. The maximum atomic E-state index is 5.71. The molecule has 0 fully saturated rings. The lowest BCUT2D eigenvalue weighted by Gasteiger charge is -2.17. The fourth-order valence-electron chi connectivity index (χ4n) is 1.90. The molecule has 0 aromatic carbocycles. The molecular weight excluding hydrogens is 160 g/mol. The number of hydrogen-bond acceptors (Lipinski definition) is 2. The average molecular weight is 182 g/mol. The number of nitrogens with two attached hydrogens (primary N) is 1. The minimum absolute atomic E-state index is 0.547. The average Bonchev–Trinajstić information content (AvgIpc) is 2.13. The molecule has 76 valence electrons. The lowest BCUT2D eigenvalue weighted by Crippen LogP contribution is -2.21. The van der Waals surface area contributed by atoms with Crippen molar-refractivity contribution in [3.8, 4) is 0 Å². The largest absolute Gasteiger partial charge is 0.387 e. The Morgan fingerprint density at radius 3 is 2.92 bits per heavy atom. The van der Waals surface area contributed by atoms with E-state index in [1.165, 1.54) is 44.9 Å². The number of nitrogens with zero attached hydrogens (tertiary/aromatic N) is 1. The summed E-state index contributed by atoms with van der Waals surface area (Å²) in [7, 11) is 0. The molecule has 0 aromatic heterocycles. The van der Waals surface area contributed by atoms with Crippen LogP contribution >= 0.6 is 0 Å². The minimum Gasteiger partial charge on any atom is -0.387 e. The molecule has 0 aromatic rings. The Kier molecular flexibility index (Phi) is 4.87. The molecule has 1 aliphatic heterocycles. The maximum Gasteiger partial charge on any atom is 0.0940 e. The molecule has 2 nitrogen and oxygen atoms in total. The molecule has 0 aliphatic carbocycles. The van der Waals surface area contributed by atoms with Crippen molar-refractivity contribution in [1.82, 2.24) is 0 Å². The summed E-state index contributed by atoms with van der Waals surface area (Å²) in [5.41, 5.74) is 5.71. The van der Waals surface area contributed by atoms with Crippen LogP contribution in [0.3, 0.4) is 0 Å². The van der Waals surface area contributed by atoms with E-state index in [2.05, 4.69) is 11.9 Å². The fourth-order valence-corrected chi connectivity index (χ4v) is 1.90. The lowest BCUT2D eigenvalue weighted by molar-refractivity contribution is 0.498. The summed E-state index contributed by atoms with van der Waals surface area (Å²) < 4.78 is 0. The van der Waals surface area contributed by atoms with Crippen molar-refractivity contribution in [3.63, 3.8) is 0 Å². The van der Waals surface area contributed by atoms with Crippen molar-refractivity contribution in [2.75, 3.05) is 0 Å². The molecule has 0 radical (unpaired) electrons. The summed E-state index contributed by atoms with van der Waals surface area (Å²) >= 11 is 0. The second-order valence-electron chi connectivity index (χ2n) is 4.02. The zero-order valence-electron chi connectivity index (χ0n) is 8.76. The van der Waals surface area contributed by atoms with Crippen LogP contribution in [0.1, 0.15) is 58.3 Å². The van der Waals surface area contributed by atoms with Crippen molar-refractivity contribution in [3.05, 3.63) is 0 Å². The second kappa shape index (κ2) is 6.01. The molecule has 1 aliphatic rings. The van der Waals surface area contributed by atoms with Crippen molar-refractivity contribution in [1.29, 1.82) is 0 Å². The Morgan fingerprint density at radius 2 is 2.23 bits per heavy atom. The SMILES string of the molecule is CCCCCCC1CCCC(N)=N1. The maximum absolute atomic E-state index is 5.71. The molecule has 0 amide bonds. The highest BCUT2D eigenvalue weighted by Crippen LogP contribution is 2.17. The number of rotatable bonds is 5. The zero-order chi connectivity index (χ0) is 9.52. The quantitative estimate of drug-likeness (QED) is 0.652. The van der Waals surface area contributed by atoms with Gasteiger partial charge in [0.05, 0.1) is 11.9 Å². The normalized spacial score (nSPS) is 22.8. The van der Waals surface area contributed by atoms with E-state index >= 15 is 0 Å². The summed E-state index contributed by atoms with van der Waals surface area (Å²) in [4.78, 5) is 4.47. The molecule has 2 N–H and O–H groups in total. The molecule has 13 heavy (non-hydrogen) atoms. The van der Waals surface area contributed by atoms with Crippen molar-refractivity contribution in [2.45, 2.75) is 64.3 Å². The molecular formula is C11H22N2. The summed E-state index contributed by atoms with van der Waals surface area (Å²) in [6.07, 6.45) is 10.1. The van der Waals surface area contributed by atoms with Gasteiger partial charge in [-0.1, -0.05) is 32.6 Å². The number of amidine groups is 1. The van der Waals surface area contributed by atoms with Crippen LogP contribution in [0.5, 0.6) is 0 Å². The van der Waals surface area contributed by atoms with E-state index < -0.39 is 0 Å². The highest BCUT2D eigenvalue weighted by atomic mass is 14.9. The van der Waals surface area contributed by atoms with Gasteiger partial charge >= 0.3 is 0 Å². The Morgan fingerprint density at radius 1 is 1.38 bits per heavy atom. The molecule has 0 saturated heterocycles. The van der Waals surface area contributed by atoms with Gasteiger partial charge < -0.3 is 5.73 Å². The fraction of sp³-hybridized carbons (Fsp3) is 0.909. The summed E-state index contributed by atoms with van der Waals surface area (Å²) in [5.74, 6) is 0.881. The summed E-state index contributed by atoms with van der Waals surface area (Å²) in [5, 5.41) is 0. The number of unbranched alkanes of at least 4 members (excludes halogenated alkanes) is 3. The van der Waals surface area contributed by atoms with E-state index in [1.807, 2.05) is 0 Å². The van der Waals surface area contributed by atoms with Crippen LogP contribution in [-0.2, 0) is 0 Å². The number of aliphatic imine (C=N–C) groups is 1. The summed E-state index contributed by atoms with van der Waals surface area (Å²) in [6.45, 7) is 2.25. The lowest BCUT2D eigenvalue weighted by atomic mass is 10.00. The van der Waals surface area contributed by atoms with E-state index in [4.69, 9.17) is 5.73 Å². The van der Waals surface area contributed by atoms with Gasteiger partial charge in [0.15, 0.2) is 0 Å². The molecule has 1 atom stereocenters. The standard InChI is InChI=1S/C11H22N2/c1-2-3-4-5-7-10-8-6-9-11(12)13-10/h10H,2-9H2,1H3,(H2,12,13). The number of hydrogen-bond donors (Lipinski definition) is 1. The van der Waals surface area contributed by atoms with Crippen molar-refractivity contribution in [2.24, 2.45) is 10.7 Å². The molecule has 0 bridgehead atoms. The van der Waals surface area contributed by atoms with Crippen LogP contribution in [0, 0.1) is 0 Å². The molecule has 0 saturated carbocycles. The first-order chi connectivity index (χ1) is 6.33. The van der Waals surface area contributed by atoms with E-state index in [0.29, 0.717) is 6.04 Å². The predicted molar refractivity (Wildman–Crippen MR) is 58.0 cm³/mol. The van der Waals surface area contributed by atoms with Gasteiger partial charge in [-0.3, -0.25) is 4.99 Å². The predicted octanol–water partition coefficient (Wildman–Crippen LogP) is 2.87. The Labute approximate surface area is 81.6 Å². The van der Waals surface area contributed by atoms with Crippen LogP contribution in [0.2, 0.25) is 0 Å². The zero-order valence-corrected chi connectivity index (χ0v) is 8.76. The molecule has 1 unspecified atom stereocenters. The highest BCUT2D eigenvalue weighted by molar-refractivity contribution is 5.80. The van der Waals surface area contributed by atoms with Crippen molar-refractivity contribution >= 4 is 5.84 Å². The molecule has 1 heterocycles. The topological polar surface area (TPSA) is 38.4 Å². The van der Waals surface area contributed by atoms with Gasteiger partial charge in [0.2, 0.25) is 0 Å². The Bertz CT molecular complexity index is 163.